The number of benzene rings is 1. The highest BCUT2D eigenvalue weighted by Gasteiger charge is 2.51. The van der Waals surface area contributed by atoms with Crippen molar-refractivity contribution in [2.24, 2.45) is 13.0 Å². The Labute approximate surface area is 137 Å². The number of hydrogen-bond acceptors (Lipinski definition) is 4. The van der Waals surface area contributed by atoms with Gasteiger partial charge < -0.3 is 9.30 Å². The fourth-order valence-corrected chi connectivity index (χ4v) is 3.92. The Morgan fingerprint density at radius 2 is 2.19 bits per heavy atom. The molecule has 1 heterocycles. The molecule has 0 radical (unpaired) electrons. The summed E-state index contributed by atoms with van der Waals surface area (Å²) in [6, 6.07) is 7.78. The minimum Gasteiger partial charge on any atom is -0.497 e. The van der Waals surface area contributed by atoms with Crippen molar-refractivity contribution in [2.45, 2.75) is 15.9 Å². The van der Waals surface area contributed by atoms with Gasteiger partial charge in [0.2, 0.25) is 0 Å². The van der Waals surface area contributed by atoms with E-state index in [4.69, 9.17) is 27.9 Å². The normalized spacial score (nSPS) is 19.5. The van der Waals surface area contributed by atoms with Gasteiger partial charge in [-0.15, -0.1) is 33.4 Å². The summed E-state index contributed by atoms with van der Waals surface area (Å²) in [5, 5.41) is 9.38. The maximum absolute atomic E-state index is 6.04. The second-order valence-corrected chi connectivity index (χ2v) is 7.60. The van der Waals surface area contributed by atoms with Gasteiger partial charge in [-0.2, -0.15) is 0 Å². The lowest BCUT2D eigenvalue weighted by Crippen LogP contribution is -1.98. The molecule has 1 fully saturated rings. The number of halogens is 2. The molecular formula is C14H15Cl2N3OS. The zero-order chi connectivity index (χ0) is 15.0. The van der Waals surface area contributed by atoms with Crippen LogP contribution in [0, 0.1) is 5.92 Å². The Morgan fingerprint density at radius 3 is 2.86 bits per heavy atom. The molecule has 1 aromatic carbocycles. The molecule has 21 heavy (non-hydrogen) atoms. The first kappa shape index (κ1) is 15.0. The molecule has 0 aliphatic heterocycles. The van der Waals surface area contributed by atoms with Crippen molar-refractivity contribution >= 4 is 35.0 Å². The molecule has 0 amide bonds. The van der Waals surface area contributed by atoms with Gasteiger partial charge in [-0.3, -0.25) is 0 Å². The van der Waals surface area contributed by atoms with Crippen molar-refractivity contribution in [1.82, 2.24) is 14.8 Å². The summed E-state index contributed by atoms with van der Waals surface area (Å²) in [5.74, 6) is 2.81. The van der Waals surface area contributed by atoms with Crippen LogP contribution in [0.4, 0.5) is 0 Å². The van der Waals surface area contributed by atoms with Crippen molar-refractivity contribution < 1.29 is 4.74 Å². The molecule has 0 bridgehead atoms. The first-order valence-corrected chi connectivity index (χ1v) is 8.30. The molecule has 2 aromatic rings. The van der Waals surface area contributed by atoms with Crippen LogP contribution in [0.15, 0.2) is 29.4 Å². The molecule has 1 aliphatic rings. The summed E-state index contributed by atoms with van der Waals surface area (Å²) < 4.78 is 6.68. The summed E-state index contributed by atoms with van der Waals surface area (Å²) in [7, 11) is 3.61. The van der Waals surface area contributed by atoms with Crippen molar-refractivity contribution in [2.75, 3.05) is 12.9 Å². The number of alkyl halides is 2. The third kappa shape index (κ3) is 3.15. The highest BCUT2D eigenvalue weighted by Crippen LogP contribution is 2.54. The summed E-state index contributed by atoms with van der Waals surface area (Å²) in [5.41, 5.74) is 0.978. The van der Waals surface area contributed by atoms with Crippen LogP contribution < -0.4 is 4.74 Å². The van der Waals surface area contributed by atoms with Gasteiger partial charge in [0, 0.05) is 24.3 Å². The van der Waals surface area contributed by atoms with Gasteiger partial charge in [-0.25, -0.2) is 0 Å². The second-order valence-electron chi connectivity index (χ2n) is 5.07. The van der Waals surface area contributed by atoms with Crippen LogP contribution in [-0.4, -0.2) is 32.0 Å². The van der Waals surface area contributed by atoms with Crippen molar-refractivity contribution in [1.29, 1.82) is 0 Å². The fourth-order valence-electron chi connectivity index (χ4n) is 2.08. The quantitative estimate of drug-likeness (QED) is 0.611. The number of ether oxygens (including phenoxy) is 1. The molecule has 0 spiro atoms. The first-order chi connectivity index (χ1) is 10.0. The van der Waals surface area contributed by atoms with Crippen molar-refractivity contribution in [3.63, 3.8) is 0 Å². The van der Waals surface area contributed by atoms with E-state index in [-0.39, 0.29) is 0 Å². The van der Waals surface area contributed by atoms with E-state index in [0.717, 1.165) is 34.5 Å². The monoisotopic (exact) mass is 343 g/mol. The van der Waals surface area contributed by atoms with Crippen LogP contribution in [0.25, 0.3) is 11.4 Å². The Bertz CT molecular complexity index is 659. The molecule has 1 aliphatic carbocycles. The maximum atomic E-state index is 6.04. The standard InChI is InChI=1S/C14H15Cl2N3OS/c1-19-12(9-4-3-5-11(6-9)20-2)17-18-13(19)21-8-10-7-14(10,15)16/h3-6,10H,7-8H2,1-2H3/t10-/m0/s1. The number of aromatic nitrogens is 3. The van der Waals surface area contributed by atoms with Crippen LogP contribution in [0.5, 0.6) is 5.75 Å². The lowest BCUT2D eigenvalue weighted by molar-refractivity contribution is 0.415. The number of nitrogens with zero attached hydrogens (tertiary/aromatic N) is 3. The van der Waals surface area contributed by atoms with Crippen LogP contribution in [-0.2, 0) is 7.05 Å². The van der Waals surface area contributed by atoms with E-state index in [9.17, 15) is 0 Å². The smallest absolute Gasteiger partial charge is 0.191 e. The summed E-state index contributed by atoms with van der Waals surface area (Å²) in [6.45, 7) is 0. The zero-order valence-electron chi connectivity index (χ0n) is 11.7. The van der Waals surface area contributed by atoms with Gasteiger partial charge >= 0.3 is 0 Å². The van der Waals surface area contributed by atoms with E-state index in [0.29, 0.717) is 5.92 Å². The minimum atomic E-state index is -0.540. The summed E-state index contributed by atoms with van der Waals surface area (Å²) in [6.07, 6.45) is 0.851. The number of thioether (sulfide) groups is 1. The van der Waals surface area contributed by atoms with Gasteiger partial charge in [0.05, 0.1) is 7.11 Å². The lowest BCUT2D eigenvalue weighted by Gasteiger charge is -2.05. The Kier molecular flexibility index (Phi) is 4.08. The average Bonchev–Trinajstić information content (AvgIpc) is 2.92. The molecule has 7 heteroatoms. The fraction of sp³-hybridized carbons (Fsp3) is 0.429. The number of hydrogen-bond donors (Lipinski definition) is 0. The molecule has 112 valence electrons. The zero-order valence-corrected chi connectivity index (χ0v) is 14.0. The molecule has 1 aromatic heterocycles. The van der Waals surface area contributed by atoms with Crippen LogP contribution >= 0.6 is 35.0 Å². The SMILES string of the molecule is COc1cccc(-c2nnc(SC[C@@H]3CC3(Cl)Cl)n2C)c1. The number of rotatable bonds is 5. The molecule has 1 saturated carbocycles. The van der Waals surface area contributed by atoms with Crippen molar-refractivity contribution in [3.05, 3.63) is 24.3 Å². The van der Waals surface area contributed by atoms with Gasteiger partial charge in [-0.1, -0.05) is 23.9 Å². The molecule has 4 nitrogen and oxygen atoms in total. The van der Waals surface area contributed by atoms with E-state index < -0.39 is 4.33 Å². The third-order valence-electron chi connectivity index (χ3n) is 3.53. The minimum absolute atomic E-state index is 0.336. The molecule has 3 rings (SSSR count). The van der Waals surface area contributed by atoms with Crippen LogP contribution in [0.3, 0.4) is 0 Å². The topological polar surface area (TPSA) is 39.9 Å². The Morgan fingerprint density at radius 1 is 1.43 bits per heavy atom. The van der Waals surface area contributed by atoms with E-state index in [2.05, 4.69) is 10.2 Å². The largest absolute Gasteiger partial charge is 0.497 e. The van der Waals surface area contributed by atoms with E-state index in [1.54, 1.807) is 18.9 Å². The molecule has 1 atom stereocenters. The molecular weight excluding hydrogens is 329 g/mol. The summed E-state index contributed by atoms with van der Waals surface area (Å²) in [4.78, 5) is 0. The van der Waals surface area contributed by atoms with E-state index in [1.165, 1.54) is 0 Å². The Balaban J connectivity index is 1.75. The van der Waals surface area contributed by atoms with Gasteiger partial charge in [-0.05, 0) is 18.6 Å². The second kappa shape index (κ2) is 5.71. The maximum Gasteiger partial charge on any atom is 0.191 e. The summed E-state index contributed by atoms with van der Waals surface area (Å²) >= 11 is 13.7. The number of methoxy groups -OCH3 is 1. The third-order valence-corrected chi connectivity index (χ3v) is 5.64. The molecule has 0 saturated heterocycles. The first-order valence-electron chi connectivity index (χ1n) is 6.55. The van der Waals surface area contributed by atoms with Crippen molar-refractivity contribution in [3.8, 4) is 17.1 Å². The highest BCUT2D eigenvalue weighted by atomic mass is 35.5. The van der Waals surface area contributed by atoms with E-state index in [1.807, 2.05) is 35.9 Å². The van der Waals surface area contributed by atoms with Crippen LogP contribution in [0.2, 0.25) is 0 Å². The van der Waals surface area contributed by atoms with Gasteiger partial charge in [0.1, 0.15) is 10.1 Å². The van der Waals surface area contributed by atoms with Crippen LogP contribution in [0.1, 0.15) is 6.42 Å². The molecule has 0 N–H and O–H groups in total. The lowest BCUT2D eigenvalue weighted by atomic mass is 10.2. The average molecular weight is 344 g/mol. The highest BCUT2D eigenvalue weighted by molar-refractivity contribution is 7.99. The van der Waals surface area contributed by atoms with Gasteiger partial charge in [0.25, 0.3) is 0 Å². The Hall–Kier alpha value is -0.910. The predicted molar refractivity (Wildman–Crippen MR) is 86.3 cm³/mol. The predicted octanol–water partition coefficient (Wildman–Crippen LogP) is 3.78. The molecule has 0 unspecified atom stereocenters. The van der Waals surface area contributed by atoms with E-state index >= 15 is 0 Å². The van der Waals surface area contributed by atoms with Gasteiger partial charge in [0.15, 0.2) is 11.0 Å².